The molecule has 0 unspecified atom stereocenters. The summed E-state index contributed by atoms with van der Waals surface area (Å²) in [5.74, 6) is 0. The van der Waals surface area contributed by atoms with Gasteiger partial charge in [-0.1, -0.05) is 42.1 Å². The molecule has 0 N–H and O–H groups in total. The molecule has 0 aliphatic heterocycles. The molecule has 0 aliphatic carbocycles. The molecule has 0 aliphatic rings. The summed E-state index contributed by atoms with van der Waals surface area (Å²) in [5, 5.41) is 0. The summed E-state index contributed by atoms with van der Waals surface area (Å²) in [6.07, 6.45) is 0. The van der Waals surface area contributed by atoms with Crippen LogP contribution in [0.5, 0.6) is 0 Å². The van der Waals surface area contributed by atoms with E-state index in [0.717, 1.165) is 0 Å². The van der Waals surface area contributed by atoms with Crippen molar-refractivity contribution in [1.29, 1.82) is 0 Å². The molecule has 0 saturated carbocycles. The topological polar surface area (TPSA) is 0 Å². The Bertz CT molecular complexity index is 446. The highest BCUT2D eigenvalue weighted by Crippen LogP contribution is 2.30. The van der Waals surface area contributed by atoms with E-state index in [2.05, 4.69) is 56.3 Å². The molecule has 0 fully saturated rings. The standard InChI is InChI=1S/C14H14S/c1-11-7-6-10-14(12(11)2)15-13-8-4-3-5-9-13/h3-10H,1-2H3. The number of aryl methyl sites for hydroxylation is 1. The van der Waals surface area contributed by atoms with E-state index in [9.17, 15) is 0 Å². The third-order valence-corrected chi connectivity index (χ3v) is 3.70. The van der Waals surface area contributed by atoms with Gasteiger partial charge in [-0.25, -0.2) is 0 Å². The van der Waals surface area contributed by atoms with E-state index >= 15 is 0 Å². The number of hydrogen-bond acceptors (Lipinski definition) is 1. The lowest BCUT2D eigenvalue weighted by Crippen LogP contribution is -1.83. The highest BCUT2D eigenvalue weighted by atomic mass is 32.2. The lowest BCUT2D eigenvalue weighted by Gasteiger charge is -2.07. The number of benzene rings is 2. The van der Waals surface area contributed by atoms with E-state index in [4.69, 9.17) is 0 Å². The lowest BCUT2D eigenvalue weighted by atomic mass is 10.1. The maximum absolute atomic E-state index is 2.18. The lowest BCUT2D eigenvalue weighted by molar-refractivity contribution is 1.23. The van der Waals surface area contributed by atoms with Crippen LogP contribution in [0.4, 0.5) is 0 Å². The molecule has 0 aromatic heterocycles. The minimum atomic E-state index is 1.30. The SMILES string of the molecule is Cc1cccc(Sc2ccccc2)c1C. The van der Waals surface area contributed by atoms with Crippen LogP contribution in [0.15, 0.2) is 58.3 Å². The van der Waals surface area contributed by atoms with Crippen molar-refractivity contribution >= 4 is 11.8 Å². The molecule has 76 valence electrons. The van der Waals surface area contributed by atoms with Gasteiger partial charge in [0.05, 0.1) is 0 Å². The third kappa shape index (κ3) is 2.42. The fraction of sp³-hybridized carbons (Fsp3) is 0.143. The quantitative estimate of drug-likeness (QED) is 0.711. The Morgan fingerprint density at radius 1 is 0.800 bits per heavy atom. The van der Waals surface area contributed by atoms with Crippen molar-refractivity contribution in [3.63, 3.8) is 0 Å². The first-order chi connectivity index (χ1) is 7.27. The van der Waals surface area contributed by atoms with Crippen molar-refractivity contribution in [1.82, 2.24) is 0 Å². The average molecular weight is 214 g/mol. The Morgan fingerprint density at radius 2 is 1.53 bits per heavy atom. The zero-order valence-electron chi connectivity index (χ0n) is 9.03. The van der Waals surface area contributed by atoms with Gasteiger partial charge in [-0.2, -0.15) is 0 Å². The van der Waals surface area contributed by atoms with Gasteiger partial charge in [0.1, 0.15) is 0 Å². The van der Waals surface area contributed by atoms with E-state index in [-0.39, 0.29) is 0 Å². The molecule has 0 bridgehead atoms. The number of hydrogen-bond donors (Lipinski definition) is 0. The molecule has 1 heteroatoms. The second kappa shape index (κ2) is 4.54. The molecule has 0 amide bonds. The third-order valence-electron chi connectivity index (χ3n) is 2.53. The summed E-state index contributed by atoms with van der Waals surface area (Å²) in [4.78, 5) is 2.65. The van der Waals surface area contributed by atoms with E-state index in [0.29, 0.717) is 0 Å². The van der Waals surface area contributed by atoms with Gasteiger partial charge in [0.2, 0.25) is 0 Å². The molecule has 0 saturated heterocycles. The van der Waals surface area contributed by atoms with Crippen LogP contribution in [0, 0.1) is 13.8 Å². The van der Waals surface area contributed by atoms with E-state index in [1.54, 1.807) is 0 Å². The van der Waals surface area contributed by atoms with Gasteiger partial charge in [-0.05, 0) is 43.2 Å². The summed E-state index contributed by atoms with van der Waals surface area (Å²) in [6, 6.07) is 16.9. The first kappa shape index (κ1) is 10.3. The second-order valence-electron chi connectivity index (χ2n) is 3.61. The molecule has 0 nitrogen and oxygen atoms in total. The minimum absolute atomic E-state index is 1.30. The van der Waals surface area contributed by atoms with E-state index in [1.807, 2.05) is 17.8 Å². The van der Waals surface area contributed by atoms with Crippen LogP contribution in [0.25, 0.3) is 0 Å². The highest BCUT2D eigenvalue weighted by Gasteiger charge is 2.01. The fourth-order valence-corrected chi connectivity index (χ4v) is 2.46. The van der Waals surface area contributed by atoms with Gasteiger partial charge in [-0.15, -0.1) is 0 Å². The Hall–Kier alpha value is -1.21. The molecule has 0 atom stereocenters. The Kier molecular flexibility index (Phi) is 3.12. The van der Waals surface area contributed by atoms with Crippen LogP contribution in [0.1, 0.15) is 11.1 Å². The minimum Gasteiger partial charge on any atom is -0.0898 e. The summed E-state index contributed by atoms with van der Waals surface area (Å²) in [7, 11) is 0. The van der Waals surface area contributed by atoms with Gasteiger partial charge in [0, 0.05) is 9.79 Å². The van der Waals surface area contributed by atoms with Crippen molar-refractivity contribution in [3.8, 4) is 0 Å². The van der Waals surface area contributed by atoms with Gasteiger partial charge in [-0.3, -0.25) is 0 Å². The van der Waals surface area contributed by atoms with Crippen LogP contribution in [-0.2, 0) is 0 Å². The Morgan fingerprint density at radius 3 is 2.27 bits per heavy atom. The maximum atomic E-state index is 2.18. The van der Waals surface area contributed by atoms with Crippen LogP contribution in [0.2, 0.25) is 0 Å². The van der Waals surface area contributed by atoms with Gasteiger partial charge < -0.3 is 0 Å². The van der Waals surface area contributed by atoms with Crippen LogP contribution < -0.4 is 0 Å². The summed E-state index contributed by atoms with van der Waals surface area (Å²) < 4.78 is 0. The van der Waals surface area contributed by atoms with Gasteiger partial charge in [0.15, 0.2) is 0 Å². The second-order valence-corrected chi connectivity index (χ2v) is 4.73. The smallest absolute Gasteiger partial charge is 0.0154 e. The molecule has 0 spiro atoms. The Labute approximate surface area is 95.3 Å². The number of rotatable bonds is 2. The van der Waals surface area contributed by atoms with Crippen molar-refractivity contribution in [2.45, 2.75) is 23.6 Å². The van der Waals surface area contributed by atoms with Crippen molar-refractivity contribution in [2.24, 2.45) is 0 Å². The summed E-state index contributed by atoms with van der Waals surface area (Å²) in [6.45, 7) is 4.34. The molecule has 2 aromatic carbocycles. The summed E-state index contributed by atoms with van der Waals surface area (Å²) >= 11 is 1.83. The molecular weight excluding hydrogens is 200 g/mol. The zero-order chi connectivity index (χ0) is 10.7. The van der Waals surface area contributed by atoms with Crippen molar-refractivity contribution in [3.05, 3.63) is 59.7 Å². The molecule has 0 radical (unpaired) electrons. The van der Waals surface area contributed by atoms with E-state index in [1.165, 1.54) is 20.9 Å². The largest absolute Gasteiger partial charge is 0.0898 e. The summed E-state index contributed by atoms with van der Waals surface area (Å²) in [5.41, 5.74) is 2.74. The Balaban J connectivity index is 2.29. The molecule has 2 aromatic rings. The first-order valence-corrected chi connectivity index (χ1v) is 5.88. The van der Waals surface area contributed by atoms with Crippen LogP contribution in [-0.4, -0.2) is 0 Å². The van der Waals surface area contributed by atoms with Crippen molar-refractivity contribution in [2.75, 3.05) is 0 Å². The predicted octanol–water partition coefficient (Wildman–Crippen LogP) is 4.45. The van der Waals surface area contributed by atoms with Crippen LogP contribution in [0.3, 0.4) is 0 Å². The zero-order valence-corrected chi connectivity index (χ0v) is 9.84. The highest BCUT2D eigenvalue weighted by molar-refractivity contribution is 7.99. The van der Waals surface area contributed by atoms with Crippen LogP contribution >= 0.6 is 11.8 Å². The molecule has 0 heterocycles. The fourth-order valence-electron chi connectivity index (χ4n) is 1.45. The normalized spacial score (nSPS) is 10.3. The average Bonchev–Trinajstić information content (AvgIpc) is 2.26. The van der Waals surface area contributed by atoms with Gasteiger partial charge in [0.25, 0.3) is 0 Å². The molecule has 2 rings (SSSR count). The molecule has 15 heavy (non-hydrogen) atoms. The maximum Gasteiger partial charge on any atom is 0.0154 e. The van der Waals surface area contributed by atoms with Crippen molar-refractivity contribution < 1.29 is 0 Å². The van der Waals surface area contributed by atoms with E-state index < -0.39 is 0 Å². The monoisotopic (exact) mass is 214 g/mol. The predicted molar refractivity (Wildman–Crippen MR) is 66.5 cm³/mol. The first-order valence-electron chi connectivity index (χ1n) is 5.06. The van der Waals surface area contributed by atoms with Gasteiger partial charge >= 0.3 is 0 Å². The molecular formula is C14H14S.